The maximum absolute atomic E-state index is 12.3. The monoisotopic (exact) mass is 280 g/mol. The Hall–Kier alpha value is -2.95. The number of likely N-dealkylation sites (N-methyl/N-ethyl adjacent to an activating group) is 1. The third-order valence-corrected chi connectivity index (χ3v) is 3.51. The molecule has 0 fully saturated rings. The van der Waals surface area contributed by atoms with E-state index in [0.717, 1.165) is 16.8 Å². The van der Waals surface area contributed by atoms with Gasteiger partial charge < -0.3 is 4.90 Å². The highest BCUT2D eigenvalue weighted by atomic mass is 16.6. The van der Waals surface area contributed by atoms with Crippen LogP contribution in [0.4, 0.5) is 11.4 Å². The topological polar surface area (TPSA) is 63.5 Å². The summed E-state index contributed by atoms with van der Waals surface area (Å²) in [4.78, 5) is 24.1. The molecule has 2 aromatic rings. The SMILES string of the molecule is CN1C(=O)/C(=C/c2ccc([N+](=O)[O-])cc2)c2ccccc21. The lowest BCUT2D eigenvalue weighted by molar-refractivity contribution is -0.384. The van der Waals surface area contributed by atoms with Crippen molar-refractivity contribution < 1.29 is 9.72 Å². The first kappa shape index (κ1) is 13.1. The van der Waals surface area contributed by atoms with Crippen molar-refractivity contribution in [3.8, 4) is 0 Å². The van der Waals surface area contributed by atoms with Crippen molar-refractivity contribution in [2.24, 2.45) is 0 Å². The molecule has 1 amide bonds. The number of para-hydroxylation sites is 1. The number of fused-ring (bicyclic) bond motifs is 1. The van der Waals surface area contributed by atoms with Crippen LogP contribution in [-0.2, 0) is 4.79 Å². The van der Waals surface area contributed by atoms with Gasteiger partial charge in [-0.05, 0) is 29.8 Å². The van der Waals surface area contributed by atoms with Crippen LogP contribution < -0.4 is 4.90 Å². The van der Waals surface area contributed by atoms with Crippen LogP contribution in [0.2, 0.25) is 0 Å². The number of rotatable bonds is 2. The van der Waals surface area contributed by atoms with Gasteiger partial charge in [0.2, 0.25) is 0 Å². The van der Waals surface area contributed by atoms with Crippen LogP contribution in [0.1, 0.15) is 11.1 Å². The number of hydrogen-bond donors (Lipinski definition) is 0. The highest BCUT2D eigenvalue weighted by Gasteiger charge is 2.28. The van der Waals surface area contributed by atoms with Gasteiger partial charge in [-0.3, -0.25) is 14.9 Å². The number of nitrogens with zero attached hydrogens (tertiary/aromatic N) is 2. The molecule has 0 N–H and O–H groups in total. The lowest BCUT2D eigenvalue weighted by Crippen LogP contribution is -2.20. The van der Waals surface area contributed by atoms with Gasteiger partial charge in [0, 0.05) is 30.3 Å². The fraction of sp³-hybridized carbons (Fsp3) is 0.0625. The highest BCUT2D eigenvalue weighted by molar-refractivity contribution is 6.35. The van der Waals surface area contributed by atoms with Crippen molar-refractivity contribution in [2.75, 3.05) is 11.9 Å². The maximum atomic E-state index is 12.3. The number of non-ortho nitro benzene ring substituents is 1. The number of nitro groups is 1. The van der Waals surface area contributed by atoms with Crippen molar-refractivity contribution in [1.82, 2.24) is 0 Å². The molecule has 0 saturated heterocycles. The molecule has 0 aromatic heterocycles. The fourth-order valence-electron chi connectivity index (χ4n) is 2.40. The summed E-state index contributed by atoms with van der Waals surface area (Å²) in [5.74, 6) is -0.0745. The van der Waals surface area contributed by atoms with E-state index in [1.54, 1.807) is 30.2 Å². The summed E-state index contributed by atoms with van der Waals surface area (Å²) in [5, 5.41) is 10.6. The third kappa shape index (κ3) is 2.18. The van der Waals surface area contributed by atoms with Crippen molar-refractivity contribution in [3.63, 3.8) is 0 Å². The number of nitro benzene ring substituents is 1. The van der Waals surface area contributed by atoms with E-state index in [4.69, 9.17) is 0 Å². The largest absolute Gasteiger partial charge is 0.311 e. The number of hydrogen-bond acceptors (Lipinski definition) is 3. The summed E-state index contributed by atoms with van der Waals surface area (Å²) in [6, 6.07) is 13.7. The molecule has 0 radical (unpaired) electrons. The van der Waals surface area contributed by atoms with E-state index in [1.165, 1.54) is 12.1 Å². The lowest BCUT2D eigenvalue weighted by Gasteiger charge is -2.07. The minimum absolute atomic E-state index is 0.0346. The molecule has 104 valence electrons. The van der Waals surface area contributed by atoms with Crippen molar-refractivity contribution in [1.29, 1.82) is 0 Å². The number of carbonyl (C=O) groups is 1. The Morgan fingerprint density at radius 3 is 2.43 bits per heavy atom. The summed E-state index contributed by atoms with van der Waals surface area (Å²) >= 11 is 0. The van der Waals surface area contributed by atoms with Crippen LogP contribution in [0.5, 0.6) is 0 Å². The maximum Gasteiger partial charge on any atom is 0.269 e. The zero-order valence-corrected chi connectivity index (χ0v) is 11.3. The molecule has 5 heteroatoms. The normalized spacial score (nSPS) is 15.4. The molecule has 1 heterocycles. The quantitative estimate of drug-likeness (QED) is 0.482. The average molecular weight is 280 g/mol. The molecule has 0 unspecified atom stereocenters. The summed E-state index contributed by atoms with van der Waals surface area (Å²) in [6.45, 7) is 0. The smallest absolute Gasteiger partial charge is 0.269 e. The molecule has 1 aliphatic rings. The minimum atomic E-state index is -0.444. The number of anilines is 1. The van der Waals surface area contributed by atoms with Crippen LogP contribution in [0.3, 0.4) is 0 Å². The Morgan fingerprint density at radius 2 is 1.76 bits per heavy atom. The van der Waals surface area contributed by atoms with Gasteiger partial charge in [-0.2, -0.15) is 0 Å². The summed E-state index contributed by atoms with van der Waals surface area (Å²) in [5.41, 5.74) is 3.14. The van der Waals surface area contributed by atoms with E-state index in [0.29, 0.717) is 5.57 Å². The van der Waals surface area contributed by atoms with Crippen LogP contribution in [0.25, 0.3) is 11.6 Å². The van der Waals surface area contributed by atoms with Gasteiger partial charge in [0.25, 0.3) is 11.6 Å². The Bertz CT molecular complexity index is 763. The average Bonchev–Trinajstić information content (AvgIpc) is 2.73. The Labute approximate surface area is 121 Å². The molecule has 5 nitrogen and oxygen atoms in total. The molecule has 0 bridgehead atoms. The van der Waals surface area contributed by atoms with Gasteiger partial charge in [-0.1, -0.05) is 18.2 Å². The number of amides is 1. The summed E-state index contributed by atoms with van der Waals surface area (Å²) in [7, 11) is 1.73. The Morgan fingerprint density at radius 1 is 1.10 bits per heavy atom. The zero-order chi connectivity index (χ0) is 15.0. The molecule has 0 saturated carbocycles. The third-order valence-electron chi connectivity index (χ3n) is 3.51. The first-order valence-electron chi connectivity index (χ1n) is 6.41. The van der Waals surface area contributed by atoms with Crippen molar-refractivity contribution in [3.05, 3.63) is 69.8 Å². The molecular formula is C16H12N2O3. The second-order valence-electron chi connectivity index (χ2n) is 4.79. The van der Waals surface area contributed by atoms with Crippen molar-refractivity contribution >= 4 is 28.9 Å². The minimum Gasteiger partial charge on any atom is -0.311 e. The zero-order valence-electron chi connectivity index (χ0n) is 11.3. The predicted molar refractivity (Wildman–Crippen MR) is 80.8 cm³/mol. The molecule has 0 atom stereocenters. The van der Waals surface area contributed by atoms with Gasteiger partial charge in [0.1, 0.15) is 0 Å². The van der Waals surface area contributed by atoms with E-state index in [1.807, 2.05) is 24.3 Å². The van der Waals surface area contributed by atoms with Crippen LogP contribution in [-0.4, -0.2) is 17.9 Å². The fourth-order valence-corrected chi connectivity index (χ4v) is 2.40. The number of carbonyl (C=O) groups excluding carboxylic acids is 1. The first-order chi connectivity index (χ1) is 10.1. The van der Waals surface area contributed by atoms with Gasteiger partial charge in [0.15, 0.2) is 0 Å². The van der Waals surface area contributed by atoms with Crippen LogP contribution in [0.15, 0.2) is 48.5 Å². The Balaban J connectivity index is 2.03. The molecule has 2 aromatic carbocycles. The van der Waals surface area contributed by atoms with E-state index in [2.05, 4.69) is 0 Å². The van der Waals surface area contributed by atoms with Gasteiger partial charge in [-0.25, -0.2) is 0 Å². The molecule has 3 rings (SSSR count). The second-order valence-corrected chi connectivity index (χ2v) is 4.79. The van der Waals surface area contributed by atoms with Gasteiger partial charge in [0.05, 0.1) is 10.6 Å². The highest BCUT2D eigenvalue weighted by Crippen LogP contribution is 2.36. The Kier molecular flexibility index (Phi) is 3.02. The van der Waals surface area contributed by atoms with E-state index in [-0.39, 0.29) is 11.6 Å². The molecule has 0 aliphatic carbocycles. The standard InChI is InChI=1S/C16H12N2O3/c1-17-15-5-3-2-4-13(15)14(16(17)19)10-11-6-8-12(9-7-11)18(20)21/h2-10H,1H3/b14-10+. The van der Waals surface area contributed by atoms with E-state index in [9.17, 15) is 14.9 Å². The van der Waals surface area contributed by atoms with Crippen LogP contribution >= 0.6 is 0 Å². The predicted octanol–water partition coefficient (Wildman–Crippen LogP) is 3.11. The molecule has 1 aliphatic heterocycles. The number of benzene rings is 2. The van der Waals surface area contributed by atoms with E-state index >= 15 is 0 Å². The first-order valence-corrected chi connectivity index (χ1v) is 6.41. The van der Waals surface area contributed by atoms with E-state index < -0.39 is 4.92 Å². The summed E-state index contributed by atoms with van der Waals surface area (Å²) in [6.07, 6.45) is 1.76. The van der Waals surface area contributed by atoms with Crippen molar-refractivity contribution in [2.45, 2.75) is 0 Å². The van der Waals surface area contributed by atoms with Gasteiger partial charge in [-0.15, -0.1) is 0 Å². The second kappa shape index (κ2) is 4.86. The van der Waals surface area contributed by atoms with Crippen LogP contribution in [0, 0.1) is 10.1 Å². The van der Waals surface area contributed by atoms with Gasteiger partial charge >= 0.3 is 0 Å². The molecule has 0 spiro atoms. The summed E-state index contributed by atoms with van der Waals surface area (Å²) < 4.78 is 0. The molecule has 21 heavy (non-hydrogen) atoms. The lowest BCUT2D eigenvalue weighted by atomic mass is 10.0. The molecular weight excluding hydrogens is 268 g/mol.